The van der Waals surface area contributed by atoms with Crippen molar-refractivity contribution < 1.29 is 27.4 Å². The summed E-state index contributed by atoms with van der Waals surface area (Å²) in [5.41, 5.74) is 3.81. The van der Waals surface area contributed by atoms with Gasteiger partial charge in [0.25, 0.3) is 5.91 Å². The topological polar surface area (TPSA) is 61.6 Å². The predicted molar refractivity (Wildman–Crippen MR) is 73.0 cm³/mol. The van der Waals surface area contributed by atoms with Crippen LogP contribution in [0.2, 0.25) is 0 Å². The molecule has 22 heavy (non-hydrogen) atoms. The molecule has 116 valence electrons. The molecule has 0 aliphatic heterocycles. The minimum atomic E-state index is -4.57. The maximum atomic E-state index is 12.7. The number of rotatable bonds is 4. The summed E-state index contributed by atoms with van der Waals surface area (Å²) in [7, 11) is 1.50. The van der Waals surface area contributed by atoms with Crippen molar-refractivity contribution >= 4 is 5.91 Å². The highest BCUT2D eigenvalue weighted by Crippen LogP contribution is 2.34. The van der Waals surface area contributed by atoms with Gasteiger partial charge < -0.3 is 15.2 Å². The zero-order valence-electron chi connectivity index (χ0n) is 11.5. The van der Waals surface area contributed by atoms with Crippen LogP contribution in [0.4, 0.5) is 13.2 Å². The molecule has 2 N–H and O–H groups in total. The second kappa shape index (κ2) is 5.97. The maximum Gasteiger partial charge on any atom is 0.416 e. The van der Waals surface area contributed by atoms with E-state index in [0.717, 1.165) is 12.1 Å². The van der Waals surface area contributed by atoms with E-state index in [4.69, 9.17) is 15.2 Å². The number of benzene rings is 2. The third kappa shape index (κ3) is 3.49. The van der Waals surface area contributed by atoms with E-state index < -0.39 is 17.6 Å². The normalized spacial score (nSPS) is 11.1. The summed E-state index contributed by atoms with van der Waals surface area (Å²) in [6.07, 6.45) is -4.57. The molecule has 0 saturated carbocycles. The molecular formula is C15H12F3NO3. The molecule has 0 heterocycles. The first-order valence-corrected chi connectivity index (χ1v) is 6.14. The molecule has 0 aliphatic carbocycles. The fraction of sp³-hybridized carbons (Fsp3) is 0.133. The largest absolute Gasteiger partial charge is 0.497 e. The Morgan fingerprint density at radius 1 is 1.05 bits per heavy atom. The number of alkyl halides is 3. The lowest BCUT2D eigenvalue weighted by atomic mass is 10.1. The highest BCUT2D eigenvalue weighted by atomic mass is 19.4. The van der Waals surface area contributed by atoms with Crippen LogP contribution in [0, 0.1) is 0 Å². The predicted octanol–water partition coefficient (Wildman–Crippen LogP) is 3.61. The van der Waals surface area contributed by atoms with Crippen LogP contribution >= 0.6 is 0 Å². The lowest BCUT2D eigenvalue weighted by molar-refractivity contribution is -0.137. The van der Waals surface area contributed by atoms with Crippen molar-refractivity contribution in [2.45, 2.75) is 6.18 Å². The zero-order valence-corrected chi connectivity index (χ0v) is 11.5. The molecular weight excluding hydrogens is 299 g/mol. The summed E-state index contributed by atoms with van der Waals surface area (Å²) < 4.78 is 48.4. The Hall–Kier alpha value is -2.70. The first kappa shape index (κ1) is 15.7. The summed E-state index contributed by atoms with van der Waals surface area (Å²) in [4.78, 5) is 11.3. The fourth-order valence-electron chi connectivity index (χ4n) is 1.76. The number of halogens is 3. The number of primary amides is 1. The van der Waals surface area contributed by atoms with E-state index in [-0.39, 0.29) is 11.3 Å². The summed E-state index contributed by atoms with van der Waals surface area (Å²) >= 11 is 0. The van der Waals surface area contributed by atoms with E-state index in [1.807, 2.05) is 0 Å². The molecule has 0 spiro atoms. The highest BCUT2D eigenvalue weighted by molar-refractivity contribution is 5.96. The van der Waals surface area contributed by atoms with E-state index >= 15 is 0 Å². The lowest BCUT2D eigenvalue weighted by Gasteiger charge is -2.13. The Bertz CT molecular complexity index is 681. The third-order valence-electron chi connectivity index (χ3n) is 2.86. The van der Waals surface area contributed by atoms with Crippen molar-refractivity contribution in [2.24, 2.45) is 5.73 Å². The van der Waals surface area contributed by atoms with Crippen molar-refractivity contribution in [2.75, 3.05) is 7.11 Å². The quantitative estimate of drug-likeness (QED) is 0.938. The van der Waals surface area contributed by atoms with Crippen molar-refractivity contribution in [3.8, 4) is 17.2 Å². The SMILES string of the molecule is COc1ccc(Oc2ccc(C(F)(F)F)cc2C(N)=O)cc1. The minimum Gasteiger partial charge on any atom is -0.497 e. The second-order valence-electron chi connectivity index (χ2n) is 4.35. The van der Waals surface area contributed by atoms with Crippen LogP contribution in [-0.2, 0) is 6.18 Å². The second-order valence-corrected chi connectivity index (χ2v) is 4.35. The van der Waals surface area contributed by atoms with Crippen LogP contribution in [0.1, 0.15) is 15.9 Å². The number of nitrogens with two attached hydrogens (primary N) is 1. The lowest BCUT2D eigenvalue weighted by Crippen LogP contribution is -2.14. The van der Waals surface area contributed by atoms with Crippen LogP contribution in [0.5, 0.6) is 17.2 Å². The maximum absolute atomic E-state index is 12.7. The standard InChI is InChI=1S/C15H12F3NO3/c1-21-10-3-5-11(6-4-10)22-13-7-2-9(15(16,17)18)8-12(13)14(19)20/h2-8H,1H3,(H2,19,20). The third-order valence-corrected chi connectivity index (χ3v) is 2.86. The van der Waals surface area contributed by atoms with Crippen molar-refractivity contribution in [3.63, 3.8) is 0 Å². The van der Waals surface area contributed by atoms with E-state index in [1.54, 1.807) is 24.3 Å². The Kier molecular flexibility index (Phi) is 4.25. The number of hydrogen-bond acceptors (Lipinski definition) is 3. The van der Waals surface area contributed by atoms with Crippen molar-refractivity contribution in [3.05, 3.63) is 53.6 Å². The average Bonchev–Trinajstić information content (AvgIpc) is 2.47. The molecule has 7 heteroatoms. The summed E-state index contributed by atoms with van der Waals surface area (Å²) in [5, 5.41) is 0. The van der Waals surface area contributed by atoms with Gasteiger partial charge in [0.2, 0.25) is 0 Å². The Balaban J connectivity index is 2.35. The first-order valence-electron chi connectivity index (χ1n) is 6.14. The van der Waals surface area contributed by atoms with Gasteiger partial charge in [-0.05, 0) is 42.5 Å². The fourth-order valence-corrected chi connectivity index (χ4v) is 1.76. The van der Waals surface area contributed by atoms with Gasteiger partial charge in [0.15, 0.2) is 0 Å². The van der Waals surface area contributed by atoms with Crippen LogP contribution in [0.15, 0.2) is 42.5 Å². The number of methoxy groups -OCH3 is 1. The van der Waals surface area contributed by atoms with Crippen LogP contribution < -0.4 is 15.2 Å². The molecule has 0 unspecified atom stereocenters. The van der Waals surface area contributed by atoms with Gasteiger partial charge in [0, 0.05) is 0 Å². The summed E-state index contributed by atoms with van der Waals surface area (Å²) in [6, 6.07) is 8.90. The van der Waals surface area contributed by atoms with Gasteiger partial charge in [-0.2, -0.15) is 13.2 Å². The Labute approximate surface area is 124 Å². The zero-order chi connectivity index (χ0) is 16.3. The molecule has 0 fully saturated rings. The summed E-state index contributed by atoms with van der Waals surface area (Å²) in [6.45, 7) is 0. The van der Waals surface area contributed by atoms with Gasteiger partial charge in [-0.1, -0.05) is 0 Å². The molecule has 1 amide bonds. The molecule has 2 aromatic carbocycles. The molecule has 0 aromatic heterocycles. The Morgan fingerprint density at radius 3 is 2.14 bits per heavy atom. The first-order chi connectivity index (χ1) is 10.3. The monoisotopic (exact) mass is 311 g/mol. The molecule has 2 aromatic rings. The van der Waals surface area contributed by atoms with Crippen molar-refractivity contribution in [1.82, 2.24) is 0 Å². The molecule has 0 bridgehead atoms. The number of hydrogen-bond donors (Lipinski definition) is 1. The van der Waals surface area contributed by atoms with Gasteiger partial charge in [-0.3, -0.25) is 4.79 Å². The van der Waals surface area contributed by atoms with E-state index in [1.165, 1.54) is 7.11 Å². The van der Waals surface area contributed by atoms with Gasteiger partial charge in [0.1, 0.15) is 17.2 Å². The molecule has 0 atom stereocenters. The van der Waals surface area contributed by atoms with Crippen LogP contribution in [-0.4, -0.2) is 13.0 Å². The van der Waals surface area contributed by atoms with E-state index in [2.05, 4.69) is 0 Å². The molecule has 0 saturated heterocycles. The molecule has 2 rings (SSSR count). The number of ether oxygens (including phenoxy) is 2. The van der Waals surface area contributed by atoms with Crippen molar-refractivity contribution in [1.29, 1.82) is 0 Å². The van der Waals surface area contributed by atoms with Gasteiger partial charge in [0.05, 0.1) is 18.2 Å². The molecule has 0 radical (unpaired) electrons. The minimum absolute atomic E-state index is 0.0503. The van der Waals surface area contributed by atoms with Crippen LogP contribution in [0.25, 0.3) is 0 Å². The number of carbonyl (C=O) groups is 1. The number of amides is 1. The average molecular weight is 311 g/mol. The van der Waals surface area contributed by atoms with Gasteiger partial charge >= 0.3 is 6.18 Å². The molecule has 0 aliphatic rings. The summed E-state index contributed by atoms with van der Waals surface area (Å²) in [5.74, 6) is -0.127. The number of carbonyl (C=O) groups excluding carboxylic acids is 1. The molecule has 4 nitrogen and oxygen atoms in total. The van der Waals surface area contributed by atoms with Crippen LogP contribution in [0.3, 0.4) is 0 Å². The van der Waals surface area contributed by atoms with Gasteiger partial charge in [-0.15, -0.1) is 0 Å². The van der Waals surface area contributed by atoms with E-state index in [9.17, 15) is 18.0 Å². The van der Waals surface area contributed by atoms with E-state index in [0.29, 0.717) is 17.6 Å². The smallest absolute Gasteiger partial charge is 0.416 e. The highest BCUT2D eigenvalue weighted by Gasteiger charge is 2.31. The Morgan fingerprint density at radius 2 is 1.64 bits per heavy atom. The van der Waals surface area contributed by atoms with Gasteiger partial charge in [-0.25, -0.2) is 0 Å².